The predicted molar refractivity (Wildman–Crippen MR) is 116 cm³/mol. The van der Waals surface area contributed by atoms with Crippen LogP contribution in [0, 0.1) is 0 Å². The molecule has 1 unspecified atom stereocenters. The number of carbonyl (C=O) groups excluding carboxylic acids is 3. The molecule has 1 aliphatic heterocycles. The molecule has 0 saturated carbocycles. The number of nitrogens with zero attached hydrogens (tertiary/aromatic N) is 2. The smallest absolute Gasteiger partial charge is 0.305 e. The highest BCUT2D eigenvalue weighted by molar-refractivity contribution is 9.10. The molecule has 1 fully saturated rings. The molecule has 158 valence electrons. The van der Waals surface area contributed by atoms with Crippen molar-refractivity contribution < 1.29 is 23.5 Å². The lowest BCUT2D eigenvalue weighted by Crippen LogP contribution is -2.49. The van der Waals surface area contributed by atoms with Gasteiger partial charge in [-0.05, 0) is 71.5 Å². The second-order valence-corrected chi connectivity index (χ2v) is 7.42. The summed E-state index contributed by atoms with van der Waals surface area (Å²) in [5.41, 5.74) is 3.12. The second-order valence-electron chi connectivity index (χ2n) is 6.28. The number of hydrogen-bond donors (Lipinski definition) is 2. The van der Waals surface area contributed by atoms with Crippen molar-refractivity contribution in [1.29, 1.82) is 0 Å². The molecule has 1 atom stereocenters. The minimum Gasteiger partial charge on any atom is -0.497 e. The number of halogens is 1. The first-order valence-corrected chi connectivity index (χ1v) is 10.2. The molecule has 1 aliphatic rings. The molecule has 2 heterocycles. The molecule has 0 aliphatic carbocycles. The molecule has 1 aromatic heterocycles. The van der Waals surface area contributed by atoms with E-state index in [0.717, 1.165) is 0 Å². The predicted octanol–water partition coefficient (Wildman–Crippen LogP) is 2.54. The molecule has 3 rings (SSSR count). The van der Waals surface area contributed by atoms with E-state index in [1.54, 1.807) is 44.4 Å². The van der Waals surface area contributed by atoms with Crippen molar-refractivity contribution in [2.45, 2.75) is 19.4 Å². The highest BCUT2D eigenvalue weighted by Crippen LogP contribution is 2.21. The Morgan fingerprint density at radius 3 is 2.50 bits per heavy atom. The van der Waals surface area contributed by atoms with Crippen LogP contribution in [0.4, 0.5) is 5.69 Å². The van der Waals surface area contributed by atoms with E-state index in [0.29, 0.717) is 22.7 Å². The molecule has 0 spiro atoms. The number of hydrogen-bond acceptors (Lipinski definition) is 6. The van der Waals surface area contributed by atoms with Crippen LogP contribution in [0.2, 0.25) is 0 Å². The normalized spacial score (nSPS) is 16.0. The fraction of sp³-hybridized carbons (Fsp3) is 0.263. The van der Waals surface area contributed by atoms with Crippen LogP contribution < -0.4 is 15.5 Å². The van der Waals surface area contributed by atoms with Crippen LogP contribution in [0.15, 0.2) is 45.5 Å². The largest absolute Gasteiger partial charge is 0.497 e. The van der Waals surface area contributed by atoms with Gasteiger partial charge in [-0.2, -0.15) is 0 Å². The highest BCUT2D eigenvalue weighted by atomic mass is 79.9. The van der Waals surface area contributed by atoms with Crippen LogP contribution in [0.5, 0.6) is 5.75 Å². The van der Waals surface area contributed by atoms with Crippen molar-refractivity contribution in [3.63, 3.8) is 0 Å². The van der Waals surface area contributed by atoms with E-state index in [9.17, 15) is 14.4 Å². The van der Waals surface area contributed by atoms with E-state index in [4.69, 9.17) is 21.4 Å². The van der Waals surface area contributed by atoms with Crippen molar-refractivity contribution >= 4 is 56.7 Å². The average Bonchev–Trinajstić information content (AvgIpc) is 3.25. The number of ether oxygens (including phenoxy) is 1. The summed E-state index contributed by atoms with van der Waals surface area (Å²) in [7, 11) is 1.55. The van der Waals surface area contributed by atoms with E-state index in [1.807, 2.05) is 0 Å². The number of likely N-dealkylation sites (N-methyl/N-ethyl adjacent to an activating group) is 1. The molecule has 9 nitrogen and oxygen atoms in total. The van der Waals surface area contributed by atoms with Crippen LogP contribution in [0.1, 0.15) is 23.9 Å². The summed E-state index contributed by atoms with van der Waals surface area (Å²) in [6.07, 6.45) is -0.205. The molecule has 0 radical (unpaired) electrons. The molecule has 0 bridgehead atoms. The number of methoxy groups -OCH3 is 1. The number of carbonyl (C=O) groups is 3. The third kappa shape index (κ3) is 4.62. The van der Waals surface area contributed by atoms with Crippen LogP contribution in [0.25, 0.3) is 0 Å². The molecule has 2 N–H and O–H groups in total. The topological polar surface area (TPSA) is 104 Å². The van der Waals surface area contributed by atoms with Gasteiger partial charge in [-0.1, -0.05) is 0 Å². The van der Waals surface area contributed by atoms with E-state index >= 15 is 0 Å². The summed E-state index contributed by atoms with van der Waals surface area (Å²) in [5.74, 6) is -0.670. The van der Waals surface area contributed by atoms with Gasteiger partial charge in [0.15, 0.2) is 15.5 Å². The zero-order valence-electron chi connectivity index (χ0n) is 16.2. The number of nitrogens with one attached hydrogen (secondary N) is 2. The third-order valence-corrected chi connectivity index (χ3v) is 5.23. The number of anilines is 1. The quantitative estimate of drug-likeness (QED) is 0.569. The lowest BCUT2D eigenvalue weighted by Gasteiger charge is -2.23. The summed E-state index contributed by atoms with van der Waals surface area (Å²) in [4.78, 5) is 39.1. The van der Waals surface area contributed by atoms with Gasteiger partial charge in [0.05, 0.1) is 13.5 Å². The second kappa shape index (κ2) is 9.26. The number of rotatable bonds is 7. The van der Waals surface area contributed by atoms with E-state index in [1.165, 1.54) is 16.0 Å². The Hall–Kier alpha value is -2.92. The summed E-state index contributed by atoms with van der Waals surface area (Å²) < 4.78 is 10.7. The molecular weight excluding hydrogens is 476 g/mol. The van der Waals surface area contributed by atoms with Gasteiger partial charge in [-0.25, -0.2) is 5.01 Å². The number of benzene rings is 1. The fourth-order valence-electron chi connectivity index (χ4n) is 2.91. The Kier molecular flexibility index (Phi) is 6.73. The highest BCUT2D eigenvalue weighted by Gasteiger charge is 2.44. The van der Waals surface area contributed by atoms with Gasteiger partial charge in [0, 0.05) is 12.2 Å². The molecule has 11 heteroatoms. The zero-order chi connectivity index (χ0) is 21.8. The minimum absolute atomic E-state index is 0.0357. The Morgan fingerprint density at radius 1 is 1.23 bits per heavy atom. The molecule has 3 amide bonds. The Bertz CT molecular complexity index is 978. The Labute approximate surface area is 186 Å². The maximum absolute atomic E-state index is 12.8. The molecule has 2 aromatic rings. The van der Waals surface area contributed by atoms with Gasteiger partial charge in [0.1, 0.15) is 11.8 Å². The van der Waals surface area contributed by atoms with Crippen LogP contribution in [-0.4, -0.2) is 52.4 Å². The van der Waals surface area contributed by atoms with Gasteiger partial charge >= 0.3 is 5.91 Å². The van der Waals surface area contributed by atoms with Gasteiger partial charge in [-0.3, -0.25) is 24.7 Å². The summed E-state index contributed by atoms with van der Waals surface area (Å²) in [6.45, 7) is 2.07. The maximum atomic E-state index is 12.8. The maximum Gasteiger partial charge on any atom is 0.305 e. The van der Waals surface area contributed by atoms with Crippen molar-refractivity contribution in [3.05, 3.63) is 46.8 Å². The van der Waals surface area contributed by atoms with Gasteiger partial charge in [0.25, 0.3) is 5.91 Å². The first-order valence-electron chi connectivity index (χ1n) is 8.98. The molecule has 1 saturated heterocycles. The van der Waals surface area contributed by atoms with Crippen molar-refractivity contribution in [2.75, 3.05) is 19.0 Å². The van der Waals surface area contributed by atoms with E-state index < -0.39 is 17.9 Å². The summed E-state index contributed by atoms with van der Waals surface area (Å²) >= 11 is 8.46. The average molecular weight is 495 g/mol. The van der Waals surface area contributed by atoms with Gasteiger partial charge in [-0.15, -0.1) is 0 Å². The summed E-state index contributed by atoms with van der Waals surface area (Å²) in [5, 5.41) is 4.07. The monoisotopic (exact) mass is 494 g/mol. The van der Waals surface area contributed by atoms with Crippen molar-refractivity contribution in [2.24, 2.45) is 0 Å². The van der Waals surface area contributed by atoms with E-state index in [-0.39, 0.29) is 23.2 Å². The standard InChI is InChI=1S/C19H19BrN4O5S/c1-3-23-18(27)13(10-16(25)21-11-4-6-12(28-2)7-5-11)24(19(23)30)22-17(26)14-8-9-15(20)29-14/h4-9,13H,3,10H2,1-2H3,(H,21,25)(H,22,26). The fourth-order valence-corrected chi connectivity index (χ4v) is 3.60. The third-order valence-electron chi connectivity index (χ3n) is 4.39. The summed E-state index contributed by atoms with van der Waals surface area (Å²) in [6, 6.07) is 8.85. The first-order chi connectivity index (χ1) is 14.3. The number of amides is 3. The molecular formula is C19H19BrN4O5S. The number of thiocarbonyl (C=S) groups is 1. The van der Waals surface area contributed by atoms with Crippen molar-refractivity contribution in [1.82, 2.24) is 15.3 Å². The molecule has 1 aromatic carbocycles. The number of furan rings is 1. The SMILES string of the molecule is CCN1C(=O)C(CC(=O)Nc2ccc(OC)cc2)N(NC(=O)c2ccc(Br)o2)C1=S. The van der Waals surface area contributed by atoms with Crippen LogP contribution in [-0.2, 0) is 9.59 Å². The lowest BCUT2D eigenvalue weighted by atomic mass is 10.2. The minimum atomic E-state index is -0.974. The van der Waals surface area contributed by atoms with Gasteiger partial charge in [0.2, 0.25) is 5.91 Å². The van der Waals surface area contributed by atoms with Gasteiger partial charge < -0.3 is 14.5 Å². The number of hydrazine groups is 1. The lowest BCUT2D eigenvalue weighted by molar-refractivity contribution is -0.130. The first kappa shape index (κ1) is 21.8. The van der Waals surface area contributed by atoms with Crippen molar-refractivity contribution in [3.8, 4) is 5.75 Å². The molecule has 30 heavy (non-hydrogen) atoms. The Balaban J connectivity index is 1.73. The van der Waals surface area contributed by atoms with E-state index in [2.05, 4.69) is 26.7 Å². The van der Waals surface area contributed by atoms with Crippen LogP contribution >= 0.6 is 28.1 Å². The zero-order valence-corrected chi connectivity index (χ0v) is 18.6. The Morgan fingerprint density at radius 2 is 1.93 bits per heavy atom. The van der Waals surface area contributed by atoms with Crippen LogP contribution in [0.3, 0.4) is 0 Å².